The number of benzene rings is 1. The van der Waals surface area contributed by atoms with Crippen LogP contribution in [-0.2, 0) is 9.59 Å². The number of aromatic nitrogens is 1. The highest BCUT2D eigenvalue weighted by Gasteiger charge is 2.34. The maximum absolute atomic E-state index is 13.4. The van der Waals surface area contributed by atoms with Crippen molar-refractivity contribution in [3.8, 4) is 0 Å². The normalized spacial score (nSPS) is 24.3. The number of H-pyrrole nitrogens is 1. The molecule has 1 aromatic heterocycles. The zero-order valence-electron chi connectivity index (χ0n) is 15.3. The molecule has 2 unspecified atom stereocenters. The summed E-state index contributed by atoms with van der Waals surface area (Å²) >= 11 is 0. The Morgan fingerprint density at radius 1 is 1.11 bits per heavy atom. The van der Waals surface area contributed by atoms with E-state index in [4.69, 9.17) is 0 Å². The van der Waals surface area contributed by atoms with Crippen LogP contribution in [0.4, 0.5) is 4.39 Å². The minimum absolute atomic E-state index is 0.125. The number of amides is 1. The lowest BCUT2D eigenvalue weighted by Crippen LogP contribution is -2.43. The summed E-state index contributed by atoms with van der Waals surface area (Å²) in [5.74, 6) is -1.07. The molecule has 2 N–H and O–H groups in total. The number of carbonyl (C=O) groups is 2. The first-order chi connectivity index (χ1) is 13.0. The molecule has 144 valence electrons. The second kappa shape index (κ2) is 7.33. The molecule has 2 heterocycles. The Morgan fingerprint density at radius 3 is 2.59 bits per heavy atom. The smallest absolute Gasteiger partial charge is 0.306 e. The number of likely N-dealkylation sites (tertiary alicyclic amines) is 1. The van der Waals surface area contributed by atoms with Crippen molar-refractivity contribution in [1.82, 2.24) is 9.88 Å². The first kappa shape index (κ1) is 18.0. The van der Waals surface area contributed by atoms with Crippen molar-refractivity contribution >= 4 is 22.8 Å². The van der Waals surface area contributed by atoms with E-state index in [0.29, 0.717) is 31.8 Å². The fourth-order valence-electron chi connectivity index (χ4n) is 4.77. The van der Waals surface area contributed by atoms with Crippen LogP contribution in [0.1, 0.15) is 50.0 Å². The number of fused-ring (bicyclic) bond motifs is 1. The maximum atomic E-state index is 13.4. The van der Waals surface area contributed by atoms with Gasteiger partial charge >= 0.3 is 5.97 Å². The molecule has 2 atom stereocenters. The largest absolute Gasteiger partial charge is 0.481 e. The Kier molecular flexibility index (Phi) is 4.89. The number of aliphatic carboxylic acids is 1. The van der Waals surface area contributed by atoms with Crippen molar-refractivity contribution in [3.05, 3.63) is 35.8 Å². The number of carbonyl (C=O) groups excluding carboxylic acids is 1. The summed E-state index contributed by atoms with van der Waals surface area (Å²) in [6.07, 6.45) is 6.50. The van der Waals surface area contributed by atoms with Crippen molar-refractivity contribution < 1.29 is 19.1 Å². The standard InChI is InChI=1S/C21H25FN2O3/c22-16-4-5-17-18(12-23-19(17)11-16)13-6-8-24(9-7-13)20(25)14-2-1-3-15(10-14)21(26)27/h4-5,11-15,23H,1-3,6-10H2,(H,26,27). The van der Waals surface area contributed by atoms with Gasteiger partial charge in [0, 0.05) is 36.1 Å². The van der Waals surface area contributed by atoms with Crippen molar-refractivity contribution in [2.45, 2.75) is 44.4 Å². The number of carboxylic acids is 1. The van der Waals surface area contributed by atoms with Gasteiger partial charge in [0.2, 0.25) is 5.91 Å². The summed E-state index contributed by atoms with van der Waals surface area (Å²) in [4.78, 5) is 29.2. The third-order valence-electron chi connectivity index (χ3n) is 6.29. The van der Waals surface area contributed by atoms with Gasteiger partial charge in [-0.15, -0.1) is 0 Å². The Morgan fingerprint density at radius 2 is 1.85 bits per heavy atom. The molecule has 2 aliphatic rings. The van der Waals surface area contributed by atoms with Gasteiger partial charge in [0.05, 0.1) is 5.92 Å². The van der Waals surface area contributed by atoms with E-state index in [2.05, 4.69) is 4.98 Å². The lowest BCUT2D eigenvalue weighted by molar-refractivity contribution is -0.145. The van der Waals surface area contributed by atoms with Crippen LogP contribution in [0.2, 0.25) is 0 Å². The topological polar surface area (TPSA) is 73.4 Å². The van der Waals surface area contributed by atoms with Gasteiger partial charge < -0.3 is 15.0 Å². The van der Waals surface area contributed by atoms with Gasteiger partial charge in [-0.3, -0.25) is 9.59 Å². The second-order valence-corrected chi connectivity index (χ2v) is 7.93. The lowest BCUT2D eigenvalue weighted by Gasteiger charge is -2.36. The van der Waals surface area contributed by atoms with Gasteiger partial charge in [0.1, 0.15) is 5.82 Å². The van der Waals surface area contributed by atoms with Crippen LogP contribution in [-0.4, -0.2) is 40.0 Å². The second-order valence-electron chi connectivity index (χ2n) is 7.93. The molecule has 4 rings (SSSR count). The van der Waals surface area contributed by atoms with Crippen molar-refractivity contribution in [2.24, 2.45) is 11.8 Å². The summed E-state index contributed by atoms with van der Waals surface area (Å²) < 4.78 is 13.4. The highest BCUT2D eigenvalue weighted by molar-refractivity contribution is 5.84. The zero-order valence-corrected chi connectivity index (χ0v) is 15.3. The Hall–Kier alpha value is -2.37. The van der Waals surface area contributed by atoms with Crippen molar-refractivity contribution in [2.75, 3.05) is 13.1 Å². The van der Waals surface area contributed by atoms with Crippen LogP contribution in [0.15, 0.2) is 24.4 Å². The average Bonchev–Trinajstić information content (AvgIpc) is 3.10. The van der Waals surface area contributed by atoms with E-state index in [1.54, 1.807) is 0 Å². The van der Waals surface area contributed by atoms with Crippen LogP contribution >= 0.6 is 0 Å². The van der Waals surface area contributed by atoms with E-state index in [1.165, 1.54) is 17.7 Å². The van der Waals surface area contributed by atoms with Crippen LogP contribution in [0, 0.1) is 17.7 Å². The van der Waals surface area contributed by atoms with Crippen LogP contribution in [0.3, 0.4) is 0 Å². The van der Waals surface area contributed by atoms with E-state index in [0.717, 1.165) is 36.6 Å². The SMILES string of the molecule is O=C(O)C1CCCC(C(=O)N2CCC(c3c[nH]c4cc(F)ccc34)CC2)C1. The Balaban J connectivity index is 1.39. The third-order valence-corrected chi connectivity index (χ3v) is 6.29. The molecule has 2 aromatic rings. The summed E-state index contributed by atoms with van der Waals surface area (Å²) in [7, 11) is 0. The average molecular weight is 372 g/mol. The van der Waals surface area contributed by atoms with Gasteiger partial charge in [-0.05, 0) is 61.8 Å². The first-order valence-electron chi connectivity index (χ1n) is 9.81. The quantitative estimate of drug-likeness (QED) is 0.858. The molecular weight excluding hydrogens is 347 g/mol. The Labute approximate surface area is 157 Å². The van der Waals surface area contributed by atoms with Crippen LogP contribution < -0.4 is 0 Å². The van der Waals surface area contributed by atoms with Gasteiger partial charge in [-0.2, -0.15) is 0 Å². The molecule has 1 aromatic carbocycles. The summed E-state index contributed by atoms with van der Waals surface area (Å²) in [6, 6.07) is 4.82. The number of piperidine rings is 1. The van der Waals surface area contributed by atoms with Crippen LogP contribution in [0.5, 0.6) is 0 Å². The van der Waals surface area contributed by atoms with Gasteiger partial charge in [-0.1, -0.05) is 6.42 Å². The van der Waals surface area contributed by atoms with Crippen molar-refractivity contribution in [1.29, 1.82) is 0 Å². The number of hydrogen-bond acceptors (Lipinski definition) is 2. The van der Waals surface area contributed by atoms with E-state index < -0.39 is 5.97 Å². The number of nitrogens with zero attached hydrogens (tertiary/aromatic N) is 1. The summed E-state index contributed by atoms with van der Waals surface area (Å²) in [6.45, 7) is 1.40. The summed E-state index contributed by atoms with van der Waals surface area (Å²) in [5, 5.41) is 10.3. The zero-order chi connectivity index (χ0) is 19.0. The van der Waals surface area contributed by atoms with Gasteiger partial charge in [-0.25, -0.2) is 4.39 Å². The molecule has 27 heavy (non-hydrogen) atoms. The minimum Gasteiger partial charge on any atom is -0.481 e. The van der Waals surface area contributed by atoms with Crippen LogP contribution in [0.25, 0.3) is 10.9 Å². The fraction of sp³-hybridized carbons (Fsp3) is 0.524. The fourth-order valence-corrected chi connectivity index (χ4v) is 4.77. The van der Waals surface area contributed by atoms with E-state index in [9.17, 15) is 19.1 Å². The van der Waals surface area contributed by atoms with E-state index in [1.807, 2.05) is 17.2 Å². The number of carboxylic acid groups (broad SMARTS) is 1. The third kappa shape index (κ3) is 3.57. The lowest BCUT2D eigenvalue weighted by atomic mass is 9.80. The number of halogens is 1. The van der Waals surface area contributed by atoms with E-state index in [-0.39, 0.29) is 23.6 Å². The maximum Gasteiger partial charge on any atom is 0.306 e. The highest BCUT2D eigenvalue weighted by Crippen LogP contribution is 2.35. The molecule has 1 aliphatic carbocycles. The molecule has 1 amide bonds. The minimum atomic E-state index is -0.776. The van der Waals surface area contributed by atoms with Gasteiger partial charge in [0.25, 0.3) is 0 Å². The van der Waals surface area contributed by atoms with E-state index >= 15 is 0 Å². The molecule has 0 bridgehead atoms. The molecule has 6 heteroatoms. The number of rotatable bonds is 3. The predicted octanol–water partition coefficient (Wildman–Crippen LogP) is 3.90. The van der Waals surface area contributed by atoms with Crippen molar-refractivity contribution in [3.63, 3.8) is 0 Å². The first-order valence-corrected chi connectivity index (χ1v) is 9.81. The van der Waals surface area contributed by atoms with Gasteiger partial charge in [0.15, 0.2) is 0 Å². The number of nitrogens with one attached hydrogen (secondary N) is 1. The molecule has 1 saturated heterocycles. The molecule has 0 radical (unpaired) electrons. The summed E-state index contributed by atoms with van der Waals surface area (Å²) in [5.41, 5.74) is 2.01. The highest BCUT2D eigenvalue weighted by atomic mass is 19.1. The molecule has 0 spiro atoms. The monoisotopic (exact) mass is 372 g/mol. The molecule has 5 nitrogen and oxygen atoms in total. The number of hydrogen-bond donors (Lipinski definition) is 2. The molecule has 1 aliphatic heterocycles. The molecule has 2 fully saturated rings. The molecular formula is C21H25FN2O3. The Bertz CT molecular complexity index is 854. The number of aromatic amines is 1. The molecule has 1 saturated carbocycles. The predicted molar refractivity (Wildman–Crippen MR) is 99.9 cm³/mol.